The van der Waals surface area contributed by atoms with Crippen LogP contribution < -0.4 is 5.32 Å². The fourth-order valence-electron chi connectivity index (χ4n) is 4.74. The van der Waals surface area contributed by atoms with E-state index in [0.29, 0.717) is 24.4 Å². The van der Waals surface area contributed by atoms with Crippen molar-refractivity contribution in [2.24, 2.45) is 7.05 Å². The molecule has 222 valence electrons. The number of hydrogen-bond acceptors (Lipinski definition) is 5. The predicted molar refractivity (Wildman–Crippen MR) is 150 cm³/mol. The van der Waals surface area contributed by atoms with Crippen molar-refractivity contribution in [1.29, 1.82) is 0 Å². The molecule has 0 bridgehead atoms. The molecule has 2 aliphatic heterocycles. The minimum atomic E-state index is -1.05. The van der Waals surface area contributed by atoms with Crippen molar-refractivity contribution < 1.29 is 27.5 Å². The van der Waals surface area contributed by atoms with Gasteiger partial charge in [-0.3, -0.25) is 0 Å². The largest absolute Gasteiger partial charge is 0.446 e. The summed E-state index contributed by atoms with van der Waals surface area (Å²) in [4.78, 5) is 31.6. The number of amides is 3. The van der Waals surface area contributed by atoms with E-state index in [1.807, 2.05) is 43.8 Å². The maximum atomic E-state index is 13.6. The Morgan fingerprint density at radius 2 is 1.71 bits per heavy atom. The average Bonchev–Trinajstić information content (AvgIpc) is 3.63. The number of benzene rings is 2. The number of aryl methyl sites for hydroxylation is 1. The molecule has 0 spiro atoms. The summed E-state index contributed by atoms with van der Waals surface area (Å²) in [5.41, 5.74) is 1.45. The number of nitrogens with one attached hydrogen (secondary N) is 1. The standard InChI is InChI=1S/C24H26F3N3O3.C4H6N2.C2H6/c25-19-5-2-16(3-6-19)17-8-12-29(13-9-17)11-1-10-28-23(31)30-22(15-33-24(30)32)18-4-7-20(26)21(27)14-18;1-6-3-2-5-4-6;1-2/h2-7,14,17,22H,1,8-13,15H2,(H,28,31);2-4H,1H3;1-2H3. The predicted octanol–water partition coefficient (Wildman–Crippen LogP) is 6.02. The molecule has 2 aliphatic rings. The number of halogens is 3. The van der Waals surface area contributed by atoms with Gasteiger partial charge >= 0.3 is 12.1 Å². The second-order valence-electron chi connectivity index (χ2n) is 9.62. The summed E-state index contributed by atoms with van der Waals surface area (Å²) in [6, 6.07) is 8.53. The minimum Gasteiger partial charge on any atom is -0.446 e. The highest BCUT2D eigenvalue weighted by atomic mass is 19.2. The lowest BCUT2D eigenvalue weighted by Gasteiger charge is -2.32. The van der Waals surface area contributed by atoms with Gasteiger partial charge in [-0.1, -0.05) is 32.0 Å². The van der Waals surface area contributed by atoms with Gasteiger partial charge < -0.3 is 19.5 Å². The monoisotopic (exact) mass is 573 g/mol. The molecule has 11 heteroatoms. The van der Waals surface area contributed by atoms with Gasteiger partial charge in [0.2, 0.25) is 0 Å². The first kappa shape index (κ1) is 31.7. The van der Waals surface area contributed by atoms with Gasteiger partial charge in [-0.2, -0.15) is 0 Å². The number of imide groups is 1. The van der Waals surface area contributed by atoms with E-state index >= 15 is 0 Å². The maximum absolute atomic E-state index is 13.6. The Labute approximate surface area is 239 Å². The number of cyclic esters (lactones) is 1. The first-order valence-electron chi connectivity index (χ1n) is 13.9. The van der Waals surface area contributed by atoms with Gasteiger partial charge in [-0.15, -0.1) is 0 Å². The smallest absolute Gasteiger partial charge is 0.418 e. The van der Waals surface area contributed by atoms with Crippen LogP contribution in [-0.2, 0) is 11.8 Å². The van der Waals surface area contributed by atoms with E-state index in [-0.39, 0.29) is 12.4 Å². The molecule has 0 radical (unpaired) electrons. The summed E-state index contributed by atoms with van der Waals surface area (Å²) < 4.78 is 46.8. The highest BCUT2D eigenvalue weighted by Crippen LogP contribution is 2.29. The van der Waals surface area contributed by atoms with Gasteiger partial charge in [0, 0.05) is 26.0 Å². The molecule has 8 nitrogen and oxygen atoms in total. The molecule has 3 aromatic rings. The summed E-state index contributed by atoms with van der Waals surface area (Å²) in [7, 11) is 1.94. The van der Waals surface area contributed by atoms with E-state index < -0.39 is 29.8 Å². The second-order valence-corrected chi connectivity index (χ2v) is 9.62. The van der Waals surface area contributed by atoms with Crippen LogP contribution in [0.2, 0.25) is 0 Å². The summed E-state index contributed by atoms with van der Waals surface area (Å²) in [6.45, 7) is 6.90. The highest BCUT2D eigenvalue weighted by molar-refractivity contribution is 5.92. The zero-order chi connectivity index (χ0) is 29.8. The molecule has 2 fully saturated rings. The van der Waals surface area contributed by atoms with Crippen LogP contribution >= 0.6 is 0 Å². The van der Waals surface area contributed by atoms with Crippen molar-refractivity contribution in [1.82, 2.24) is 24.7 Å². The lowest BCUT2D eigenvalue weighted by atomic mass is 9.89. The van der Waals surface area contributed by atoms with Crippen LogP contribution in [0.5, 0.6) is 0 Å². The SMILES string of the molecule is CC.Cn1ccnc1.O=C(NCCCN1CCC(c2ccc(F)cc2)CC1)N1C(=O)OCC1c1ccc(F)c(F)c1. The van der Waals surface area contributed by atoms with Gasteiger partial charge in [0.1, 0.15) is 18.5 Å². The summed E-state index contributed by atoms with van der Waals surface area (Å²) in [6.07, 6.45) is 7.26. The Morgan fingerprint density at radius 3 is 2.29 bits per heavy atom. The molecule has 0 aliphatic carbocycles. The molecule has 1 unspecified atom stereocenters. The van der Waals surface area contributed by atoms with Crippen LogP contribution in [-0.4, -0.2) is 64.3 Å². The minimum absolute atomic E-state index is 0.111. The summed E-state index contributed by atoms with van der Waals surface area (Å²) >= 11 is 0. The van der Waals surface area contributed by atoms with Gasteiger partial charge in [-0.25, -0.2) is 32.6 Å². The quantitative estimate of drug-likeness (QED) is 0.365. The molecule has 41 heavy (non-hydrogen) atoms. The topological polar surface area (TPSA) is 79.7 Å². The van der Waals surface area contributed by atoms with Crippen LogP contribution in [0.1, 0.15) is 56.2 Å². The number of rotatable bonds is 6. The van der Waals surface area contributed by atoms with Gasteiger partial charge in [0.25, 0.3) is 0 Å². The van der Waals surface area contributed by atoms with E-state index in [0.717, 1.165) is 55.1 Å². The molecule has 3 heterocycles. The van der Waals surface area contributed by atoms with Crippen LogP contribution in [0.25, 0.3) is 0 Å². The first-order valence-corrected chi connectivity index (χ1v) is 13.9. The number of aromatic nitrogens is 2. The molecule has 5 rings (SSSR count). The lowest BCUT2D eigenvalue weighted by Crippen LogP contribution is -2.43. The van der Waals surface area contributed by atoms with Crippen molar-refractivity contribution in [2.75, 3.05) is 32.8 Å². The van der Waals surface area contributed by atoms with Crippen molar-refractivity contribution in [3.63, 3.8) is 0 Å². The number of hydrogen-bond donors (Lipinski definition) is 1. The summed E-state index contributed by atoms with van der Waals surface area (Å²) in [5, 5.41) is 2.72. The Morgan fingerprint density at radius 1 is 1.02 bits per heavy atom. The number of carbonyl (C=O) groups is 2. The van der Waals surface area contributed by atoms with Crippen LogP contribution in [0.3, 0.4) is 0 Å². The zero-order valence-corrected chi connectivity index (χ0v) is 23.7. The van der Waals surface area contributed by atoms with E-state index in [1.54, 1.807) is 12.5 Å². The third kappa shape index (κ3) is 9.07. The molecule has 1 aromatic heterocycles. The number of urea groups is 1. The molecular formula is C30H38F3N5O3. The Kier molecular flexibility index (Phi) is 12.2. The number of nitrogens with zero attached hydrogens (tertiary/aromatic N) is 4. The van der Waals surface area contributed by atoms with Crippen LogP contribution in [0.15, 0.2) is 61.2 Å². The normalized spacial score (nSPS) is 17.2. The lowest BCUT2D eigenvalue weighted by molar-refractivity contribution is 0.157. The van der Waals surface area contributed by atoms with Gasteiger partial charge in [0.15, 0.2) is 11.6 Å². The van der Waals surface area contributed by atoms with Crippen LogP contribution in [0.4, 0.5) is 22.8 Å². The fraction of sp³-hybridized carbons (Fsp3) is 0.433. The third-order valence-corrected chi connectivity index (χ3v) is 6.91. The first-order chi connectivity index (χ1) is 19.8. The fourth-order valence-corrected chi connectivity index (χ4v) is 4.74. The molecule has 1 atom stereocenters. The molecule has 1 N–H and O–H groups in total. The number of piperidine rings is 1. The van der Waals surface area contributed by atoms with E-state index in [2.05, 4.69) is 15.2 Å². The summed E-state index contributed by atoms with van der Waals surface area (Å²) in [5.74, 6) is -1.84. The second kappa shape index (κ2) is 15.8. The van der Waals surface area contributed by atoms with E-state index in [9.17, 15) is 22.8 Å². The Hall–Kier alpha value is -3.86. The van der Waals surface area contributed by atoms with Crippen molar-refractivity contribution in [3.8, 4) is 0 Å². The molecule has 2 saturated heterocycles. The van der Waals surface area contributed by atoms with Crippen molar-refractivity contribution in [2.45, 2.75) is 45.1 Å². The van der Waals surface area contributed by atoms with Gasteiger partial charge in [0.05, 0.1) is 6.33 Å². The third-order valence-electron chi connectivity index (χ3n) is 6.91. The maximum Gasteiger partial charge on any atom is 0.418 e. The number of imidazole rings is 1. The van der Waals surface area contributed by atoms with Crippen molar-refractivity contribution >= 4 is 12.1 Å². The average molecular weight is 574 g/mol. The number of ether oxygens (including phenoxy) is 1. The Balaban J connectivity index is 0.000000505. The zero-order valence-electron chi connectivity index (χ0n) is 23.7. The van der Waals surface area contributed by atoms with Gasteiger partial charge in [-0.05, 0) is 80.2 Å². The van der Waals surface area contributed by atoms with Crippen LogP contribution in [0, 0.1) is 17.5 Å². The number of carbonyl (C=O) groups excluding carboxylic acids is 2. The molecule has 0 saturated carbocycles. The van der Waals surface area contributed by atoms with E-state index in [1.165, 1.54) is 18.2 Å². The molecular weight excluding hydrogens is 535 g/mol. The number of likely N-dealkylation sites (tertiary alicyclic amines) is 1. The highest BCUT2D eigenvalue weighted by Gasteiger charge is 2.39. The van der Waals surface area contributed by atoms with E-state index in [4.69, 9.17) is 4.74 Å². The Bertz CT molecular complexity index is 1230. The molecule has 2 aromatic carbocycles. The molecule has 3 amide bonds. The van der Waals surface area contributed by atoms with Crippen molar-refractivity contribution in [3.05, 3.63) is 89.8 Å².